The number of hydrogen-bond donors (Lipinski definition) is 0. The van der Waals surface area contributed by atoms with Crippen LogP contribution in [0.5, 0.6) is 0 Å². The first-order chi connectivity index (χ1) is 18.1. The van der Waals surface area contributed by atoms with Gasteiger partial charge in [0, 0.05) is 17.1 Å². The number of carbonyl (C=O) groups is 1. The molecule has 0 N–H and O–H groups in total. The number of thiazole rings is 1. The maximum atomic E-state index is 13.9. The van der Waals surface area contributed by atoms with Crippen LogP contribution in [0, 0.1) is 34.6 Å². The predicted octanol–water partition coefficient (Wildman–Crippen LogP) is 4.72. The summed E-state index contributed by atoms with van der Waals surface area (Å²) in [6.45, 7) is 13.9. The maximum absolute atomic E-state index is 13.9. The Morgan fingerprint density at radius 2 is 1.79 bits per heavy atom. The van der Waals surface area contributed by atoms with Crippen LogP contribution < -0.4 is 14.9 Å². The number of fused-ring (bicyclic) bond motifs is 1. The Morgan fingerprint density at radius 3 is 2.42 bits per heavy atom. The smallest absolute Gasteiger partial charge is 0.338 e. The van der Waals surface area contributed by atoms with E-state index < -0.39 is 12.0 Å². The molecule has 0 spiro atoms. The number of benzene rings is 1. The van der Waals surface area contributed by atoms with Gasteiger partial charge >= 0.3 is 5.97 Å². The van der Waals surface area contributed by atoms with E-state index in [1.54, 1.807) is 24.5 Å². The van der Waals surface area contributed by atoms with E-state index in [1.807, 2.05) is 19.1 Å². The Balaban J connectivity index is 1.69. The summed E-state index contributed by atoms with van der Waals surface area (Å²) in [4.78, 5) is 32.0. The van der Waals surface area contributed by atoms with Gasteiger partial charge in [-0.3, -0.25) is 9.36 Å². The average Bonchev–Trinajstić information content (AvgIpc) is 3.48. The van der Waals surface area contributed by atoms with Crippen molar-refractivity contribution in [2.24, 2.45) is 4.99 Å². The largest absolute Gasteiger partial charge is 0.464 e. The van der Waals surface area contributed by atoms with Crippen LogP contribution in [0.1, 0.15) is 59.5 Å². The minimum absolute atomic E-state index is 0.222. The summed E-state index contributed by atoms with van der Waals surface area (Å²) in [6, 6.07) is 11.4. The fourth-order valence-corrected chi connectivity index (χ4v) is 6.25. The Hall–Kier alpha value is -3.91. The molecule has 3 aromatic heterocycles. The van der Waals surface area contributed by atoms with Gasteiger partial charge in [-0.05, 0) is 102 Å². The highest BCUT2D eigenvalue weighted by molar-refractivity contribution is 7.07. The topological polar surface area (TPSA) is 78.7 Å². The second kappa shape index (κ2) is 9.76. The van der Waals surface area contributed by atoms with Crippen LogP contribution in [0.4, 0.5) is 0 Å². The van der Waals surface area contributed by atoms with Crippen molar-refractivity contribution in [1.82, 2.24) is 9.13 Å². The number of furan rings is 1. The van der Waals surface area contributed by atoms with Crippen molar-refractivity contribution < 1.29 is 13.9 Å². The molecule has 0 saturated carbocycles. The molecular formula is C30H31N3O4S. The predicted molar refractivity (Wildman–Crippen MR) is 149 cm³/mol. The Morgan fingerprint density at radius 1 is 1.08 bits per heavy atom. The Kier molecular flexibility index (Phi) is 6.61. The Bertz CT molecular complexity index is 1770. The van der Waals surface area contributed by atoms with Crippen LogP contribution in [0.15, 0.2) is 61.9 Å². The van der Waals surface area contributed by atoms with Gasteiger partial charge in [0.15, 0.2) is 4.80 Å². The lowest BCUT2D eigenvalue weighted by molar-refractivity contribution is -0.139. The number of hydrogen-bond acceptors (Lipinski definition) is 6. The first-order valence-electron chi connectivity index (χ1n) is 12.6. The van der Waals surface area contributed by atoms with Crippen molar-refractivity contribution in [3.63, 3.8) is 0 Å². The molecule has 5 rings (SSSR count). The van der Waals surface area contributed by atoms with E-state index in [-0.39, 0.29) is 12.2 Å². The van der Waals surface area contributed by atoms with Crippen LogP contribution in [-0.2, 0) is 9.53 Å². The van der Waals surface area contributed by atoms with E-state index in [4.69, 9.17) is 9.15 Å². The lowest BCUT2D eigenvalue weighted by atomic mass is 10.0. The van der Waals surface area contributed by atoms with E-state index in [0.29, 0.717) is 32.1 Å². The van der Waals surface area contributed by atoms with Gasteiger partial charge in [0.25, 0.3) is 5.56 Å². The highest BCUT2D eigenvalue weighted by atomic mass is 32.1. The molecule has 0 amide bonds. The van der Waals surface area contributed by atoms with Crippen molar-refractivity contribution in [3.05, 3.63) is 107 Å². The van der Waals surface area contributed by atoms with Crippen LogP contribution in [-0.4, -0.2) is 21.7 Å². The number of nitrogens with zero attached hydrogens (tertiary/aromatic N) is 3. The van der Waals surface area contributed by atoms with Gasteiger partial charge in [-0.1, -0.05) is 17.4 Å². The van der Waals surface area contributed by atoms with Crippen LogP contribution in [0.3, 0.4) is 0 Å². The molecule has 0 unspecified atom stereocenters. The second-order valence-corrected chi connectivity index (χ2v) is 10.8. The highest BCUT2D eigenvalue weighted by Gasteiger charge is 2.35. The van der Waals surface area contributed by atoms with Crippen molar-refractivity contribution >= 4 is 23.4 Å². The quantitative estimate of drug-likeness (QED) is 0.351. The van der Waals surface area contributed by atoms with Gasteiger partial charge in [0.1, 0.15) is 17.6 Å². The molecule has 1 atom stereocenters. The van der Waals surface area contributed by atoms with Gasteiger partial charge in [-0.15, -0.1) is 0 Å². The molecule has 0 fully saturated rings. The normalized spacial score (nSPS) is 15.6. The third-order valence-electron chi connectivity index (χ3n) is 6.77. The summed E-state index contributed by atoms with van der Waals surface area (Å²) in [5.74, 6) is 0.693. The number of esters is 1. The van der Waals surface area contributed by atoms with Crippen molar-refractivity contribution in [3.8, 4) is 5.69 Å². The molecule has 38 heavy (non-hydrogen) atoms. The van der Waals surface area contributed by atoms with Crippen LogP contribution in [0.25, 0.3) is 11.8 Å². The minimum atomic E-state index is -0.746. The zero-order valence-electron chi connectivity index (χ0n) is 22.7. The third-order valence-corrected chi connectivity index (χ3v) is 7.75. The molecule has 0 radical (unpaired) electrons. The molecule has 4 heterocycles. The van der Waals surface area contributed by atoms with Gasteiger partial charge in [0.05, 0.1) is 22.4 Å². The van der Waals surface area contributed by atoms with E-state index in [2.05, 4.69) is 61.5 Å². The summed E-state index contributed by atoms with van der Waals surface area (Å²) in [5, 5.41) is 0. The van der Waals surface area contributed by atoms with E-state index in [0.717, 1.165) is 22.6 Å². The molecular weight excluding hydrogens is 498 g/mol. The summed E-state index contributed by atoms with van der Waals surface area (Å²) in [7, 11) is 0. The monoisotopic (exact) mass is 529 g/mol. The standard InChI is InChI=1S/C30H31N3O4S/c1-8-36-29(35)26-20(6)31-30-33(27(26)24-10-9-19(5)37-24)28(34)25(38-30)15-22-14-18(4)32(21(22)7)23-12-16(2)11-17(3)13-23/h9-15,27H,8H2,1-7H3/b25-15+/t27-/m1/s1. The van der Waals surface area contributed by atoms with Crippen LogP contribution in [0.2, 0.25) is 0 Å². The number of allylic oxidation sites excluding steroid dienone is 1. The van der Waals surface area contributed by atoms with E-state index in [1.165, 1.54) is 22.5 Å². The molecule has 8 heteroatoms. The molecule has 196 valence electrons. The number of carbonyl (C=O) groups excluding carboxylic acids is 1. The summed E-state index contributed by atoms with van der Waals surface area (Å²) >= 11 is 1.31. The van der Waals surface area contributed by atoms with Crippen molar-refractivity contribution in [2.45, 2.75) is 54.5 Å². The second-order valence-electron chi connectivity index (χ2n) is 9.76. The lowest BCUT2D eigenvalue weighted by Gasteiger charge is -2.22. The average molecular weight is 530 g/mol. The lowest BCUT2D eigenvalue weighted by Crippen LogP contribution is -2.39. The van der Waals surface area contributed by atoms with E-state index >= 15 is 0 Å². The SMILES string of the molecule is CCOC(=O)C1=C(C)N=c2s/c(=C/c3cc(C)n(-c4cc(C)cc(C)c4)c3C)c(=O)n2[C@@H]1c1ccc(C)o1. The fourth-order valence-electron chi connectivity index (χ4n) is 5.21. The van der Waals surface area contributed by atoms with E-state index in [9.17, 15) is 9.59 Å². The Labute approximate surface area is 225 Å². The molecule has 7 nitrogen and oxygen atoms in total. The molecule has 1 aliphatic heterocycles. The first kappa shape index (κ1) is 25.7. The summed E-state index contributed by atoms with van der Waals surface area (Å²) in [6.07, 6.45) is 1.92. The van der Waals surface area contributed by atoms with Gasteiger partial charge in [-0.25, -0.2) is 9.79 Å². The molecule has 1 aliphatic rings. The molecule has 0 aliphatic carbocycles. The highest BCUT2D eigenvalue weighted by Crippen LogP contribution is 2.32. The first-order valence-corrected chi connectivity index (χ1v) is 13.4. The molecule has 1 aromatic carbocycles. The molecule has 4 aromatic rings. The number of aryl methyl sites for hydroxylation is 4. The zero-order chi connectivity index (χ0) is 27.3. The number of aromatic nitrogens is 2. The maximum Gasteiger partial charge on any atom is 0.338 e. The van der Waals surface area contributed by atoms with Gasteiger partial charge in [0.2, 0.25) is 0 Å². The van der Waals surface area contributed by atoms with Crippen molar-refractivity contribution in [1.29, 1.82) is 0 Å². The minimum Gasteiger partial charge on any atom is -0.464 e. The molecule has 0 saturated heterocycles. The summed E-state index contributed by atoms with van der Waals surface area (Å²) < 4.78 is 15.6. The van der Waals surface area contributed by atoms with Gasteiger partial charge < -0.3 is 13.7 Å². The third kappa shape index (κ3) is 4.39. The van der Waals surface area contributed by atoms with Crippen molar-refractivity contribution in [2.75, 3.05) is 6.61 Å². The number of rotatable bonds is 5. The zero-order valence-corrected chi connectivity index (χ0v) is 23.5. The van der Waals surface area contributed by atoms with Crippen LogP contribution >= 0.6 is 11.3 Å². The molecule has 0 bridgehead atoms. The van der Waals surface area contributed by atoms with Gasteiger partial charge in [-0.2, -0.15) is 0 Å². The fraction of sp³-hybridized carbons (Fsp3) is 0.300. The summed E-state index contributed by atoms with van der Waals surface area (Å²) in [5.41, 5.74) is 7.18. The number of ether oxygens (including phenoxy) is 1.